The highest BCUT2D eigenvalue weighted by Gasteiger charge is 2.33. The minimum Gasteiger partial charge on any atom is -0.370 e. The van der Waals surface area contributed by atoms with E-state index in [0.29, 0.717) is 29.2 Å². The Bertz CT molecular complexity index is 1140. The van der Waals surface area contributed by atoms with Gasteiger partial charge in [0, 0.05) is 36.6 Å². The molecule has 0 bridgehead atoms. The molecule has 1 aliphatic heterocycles. The highest BCUT2D eigenvalue weighted by Crippen LogP contribution is 2.37. The van der Waals surface area contributed by atoms with Crippen molar-refractivity contribution in [2.75, 3.05) is 5.32 Å². The zero-order chi connectivity index (χ0) is 22.8. The van der Waals surface area contributed by atoms with Crippen LogP contribution in [0.1, 0.15) is 61.2 Å². The average Bonchev–Trinajstić information content (AvgIpc) is 3.16. The molecule has 2 aromatic heterocycles. The molecule has 32 heavy (non-hydrogen) atoms. The molecule has 2 amide bonds. The third-order valence-electron chi connectivity index (χ3n) is 5.79. The third kappa shape index (κ3) is 4.65. The van der Waals surface area contributed by atoms with Crippen LogP contribution in [0, 0.1) is 12.8 Å². The number of carbonyl (C=O) groups is 2. The summed E-state index contributed by atoms with van der Waals surface area (Å²) in [6.45, 7) is 7.69. The first-order chi connectivity index (χ1) is 15.3. The Labute approximate surface area is 187 Å². The van der Waals surface area contributed by atoms with Crippen LogP contribution in [0.15, 0.2) is 42.9 Å². The number of carbonyl (C=O) groups excluding carboxylic acids is 2. The molecule has 168 valence electrons. The van der Waals surface area contributed by atoms with Crippen LogP contribution in [0.5, 0.6) is 0 Å². The maximum atomic E-state index is 13.1. The number of hydrogen-bond acceptors (Lipinski definition) is 5. The van der Waals surface area contributed by atoms with Crippen molar-refractivity contribution < 1.29 is 14.3 Å². The monoisotopic (exact) mass is 435 g/mol. The largest absolute Gasteiger partial charge is 0.370 e. The van der Waals surface area contributed by atoms with Gasteiger partial charge >= 0.3 is 0 Å². The van der Waals surface area contributed by atoms with E-state index in [1.165, 1.54) is 13.1 Å². The summed E-state index contributed by atoms with van der Waals surface area (Å²) in [5.41, 5.74) is 3.44. The van der Waals surface area contributed by atoms with Crippen molar-refractivity contribution >= 4 is 23.1 Å². The van der Waals surface area contributed by atoms with Gasteiger partial charge in [-0.25, -0.2) is 9.50 Å². The molecule has 0 spiro atoms. The normalized spacial score (nSPS) is 21.0. The maximum absolute atomic E-state index is 13.1. The zero-order valence-electron chi connectivity index (χ0n) is 18.8. The minimum atomic E-state index is -0.279. The number of aromatic nitrogens is 3. The molecule has 4 rings (SSSR count). The Morgan fingerprint density at radius 3 is 2.72 bits per heavy atom. The molecule has 1 aromatic carbocycles. The predicted octanol–water partition coefficient (Wildman–Crippen LogP) is 3.67. The maximum Gasteiger partial charge on any atom is 0.261 e. The van der Waals surface area contributed by atoms with Crippen molar-refractivity contribution in [2.45, 2.75) is 58.8 Å². The highest BCUT2D eigenvalue weighted by atomic mass is 16.5. The van der Waals surface area contributed by atoms with Gasteiger partial charge in [0.05, 0.1) is 18.4 Å². The molecule has 0 radical (unpaired) electrons. The summed E-state index contributed by atoms with van der Waals surface area (Å²) in [6.07, 6.45) is 6.26. The quantitative estimate of drug-likeness (QED) is 0.637. The van der Waals surface area contributed by atoms with Crippen molar-refractivity contribution in [2.24, 2.45) is 5.92 Å². The molecule has 0 saturated carbocycles. The van der Waals surface area contributed by atoms with Crippen LogP contribution in [0.4, 0.5) is 5.69 Å². The van der Waals surface area contributed by atoms with E-state index < -0.39 is 0 Å². The lowest BCUT2D eigenvalue weighted by molar-refractivity contribution is -0.123. The number of anilines is 1. The van der Waals surface area contributed by atoms with Crippen LogP contribution in [-0.4, -0.2) is 38.6 Å². The molecule has 2 N–H and O–H groups in total. The molecule has 3 heterocycles. The van der Waals surface area contributed by atoms with E-state index in [-0.39, 0.29) is 30.1 Å². The van der Waals surface area contributed by atoms with Crippen molar-refractivity contribution in [3.05, 3.63) is 59.5 Å². The van der Waals surface area contributed by atoms with Crippen molar-refractivity contribution in [3.63, 3.8) is 0 Å². The fourth-order valence-corrected chi connectivity index (χ4v) is 4.20. The van der Waals surface area contributed by atoms with E-state index >= 15 is 0 Å². The van der Waals surface area contributed by atoms with Crippen molar-refractivity contribution in [1.82, 2.24) is 19.9 Å². The lowest BCUT2D eigenvalue weighted by Crippen LogP contribution is -2.43. The van der Waals surface area contributed by atoms with Gasteiger partial charge in [0.15, 0.2) is 5.65 Å². The number of amides is 2. The van der Waals surface area contributed by atoms with Crippen LogP contribution in [0.3, 0.4) is 0 Å². The lowest BCUT2D eigenvalue weighted by atomic mass is 9.89. The fraction of sp³-hybridized carbons (Fsp3) is 0.417. The van der Waals surface area contributed by atoms with Gasteiger partial charge in [-0.3, -0.25) is 9.59 Å². The Hall–Kier alpha value is -3.26. The Morgan fingerprint density at radius 2 is 1.97 bits per heavy atom. The summed E-state index contributed by atoms with van der Waals surface area (Å²) < 4.78 is 8.01. The van der Waals surface area contributed by atoms with Crippen LogP contribution >= 0.6 is 0 Å². The molecule has 8 nitrogen and oxygen atoms in total. The Morgan fingerprint density at radius 1 is 1.19 bits per heavy atom. The van der Waals surface area contributed by atoms with E-state index in [0.717, 1.165) is 17.5 Å². The van der Waals surface area contributed by atoms with Gasteiger partial charge in [0.25, 0.3) is 5.91 Å². The number of fused-ring (bicyclic) bond motifs is 1. The van der Waals surface area contributed by atoms with Crippen LogP contribution in [0.25, 0.3) is 5.65 Å². The van der Waals surface area contributed by atoms with E-state index in [9.17, 15) is 9.59 Å². The van der Waals surface area contributed by atoms with E-state index in [1.807, 2.05) is 37.4 Å². The molecule has 1 saturated heterocycles. The molecular weight excluding hydrogens is 406 g/mol. The summed E-state index contributed by atoms with van der Waals surface area (Å²) in [4.78, 5) is 29.1. The van der Waals surface area contributed by atoms with E-state index in [2.05, 4.69) is 34.6 Å². The minimum absolute atomic E-state index is 0.0152. The van der Waals surface area contributed by atoms with Gasteiger partial charge in [0.1, 0.15) is 5.56 Å². The highest BCUT2D eigenvalue weighted by molar-refractivity contribution is 6.08. The van der Waals surface area contributed by atoms with E-state index in [1.54, 1.807) is 10.7 Å². The van der Waals surface area contributed by atoms with Crippen LogP contribution < -0.4 is 10.6 Å². The van der Waals surface area contributed by atoms with Gasteiger partial charge in [-0.2, -0.15) is 5.10 Å². The number of aryl methyl sites for hydroxylation is 1. The zero-order valence-corrected chi connectivity index (χ0v) is 18.8. The number of benzene rings is 1. The van der Waals surface area contributed by atoms with Gasteiger partial charge in [-0.1, -0.05) is 32.0 Å². The van der Waals surface area contributed by atoms with Crippen molar-refractivity contribution in [3.8, 4) is 0 Å². The number of ether oxygens (including phenoxy) is 1. The molecule has 3 aromatic rings. The standard InChI is InChI=1S/C24H29N5O3/c1-14(2)21-9-17(27-16(4)30)10-22(32-21)18-7-5-6-8-20(18)28-24(31)19-12-26-29-13-15(3)11-25-23(19)29/h5-8,11-14,17,21-22H,9-10H2,1-4H3,(H,27,30)(H,28,31)/t17-,21-,22+/m1/s1. The molecule has 8 heteroatoms. The first kappa shape index (κ1) is 22.0. The Kier molecular flexibility index (Phi) is 6.23. The third-order valence-corrected chi connectivity index (χ3v) is 5.79. The molecule has 3 atom stereocenters. The van der Waals surface area contributed by atoms with Crippen molar-refractivity contribution in [1.29, 1.82) is 0 Å². The summed E-state index contributed by atoms with van der Waals surface area (Å²) >= 11 is 0. The van der Waals surface area contributed by atoms with Gasteiger partial charge in [-0.05, 0) is 37.3 Å². The molecule has 1 fully saturated rings. The van der Waals surface area contributed by atoms with Gasteiger partial charge in [0.2, 0.25) is 5.91 Å². The first-order valence-electron chi connectivity index (χ1n) is 10.9. The Balaban J connectivity index is 1.60. The number of nitrogens with zero attached hydrogens (tertiary/aromatic N) is 3. The smallest absolute Gasteiger partial charge is 0.261 e. The average molecular weight is 436 g/mol. The molecule has 1 aliphatic rings. The number of rotatable bonds is 5. The lowest BCUT2D eigenvalue weighted by Gasteiger charge is -2.38. The fourth-order valence-electron chi connectivity index (χ4n) is 4.20. The number of nitrogens with one attached hydrogen (secondary N) is 2. The van der Waals surface area contributed by atoms with E-state index in [4.69, 9.17) is 4.74 Å². The van der Waals surface area contributed by atoms with Crippen LogP contribution in [-0.2, 0) is 9.53 Å². The number of para-hydroxylation sites is 1. The molecule has 0 unspecified atom stereocenters. The van der Waals surface area contributed by atoms with Gasteiger partial charge in [-0.15, -0.1) is 0 Å². The second kappa shape index (κ2) is 9.08. The summed E-state index contributed by atoms with van der Waals surface area (Å²) in [5, 5.41) is 10.3. The summed E-state index contributed by atoms with van der Waals surface area (Å²) in [5.74, 6) is -0.0156. The second-order valence-corrected chi connectivity index (χ2v) is 8.78. The summed E-state index contributed by atoms with van der Waals surface area (Å²) in [7, 11) is 0. The predicted molar refractivity (Wildman–Crippen MR) is 121 cm³/mol. The SMILES string of the molecule is CC(=O)N[C@H]1C[C@@H](c2ccccc2NC(=O)c2cnn3cc(C)cnc23)O[C@@H](C(C)C)C1. The second-order valence-electron chi connectivity index (χ2n) is 8.78. The first-order valence-corrected chi connectivity index (χ1v) is 10.9. The topological polar surface area (TPSA) is 97.6 Å². The molecule has 0 aliphatic carbocycles. The summed E-state index contributed by atoms with van der Waals surface area (Å²) in [6, 6.07) is 7.66. The number of hydrogen-bond donors (Lipinski definition) is 2. The van der Waals surface area contributed by atoms with Gasteiger partial charge < -0.3 is 15.4 Å². The van der Waals surface area contributed by atoms with Crippen LogP contribution in [0.2, 0.25) is 0 Å². The molecular formula is C24H29N5O3.